The Hall–Kier alpha value is -0.468. The van der Waals surface area contributed by atoms with Crippen LogP contribution in [0.2, 0.25) is 0 Å². The van der Waals surface area contributed by atoms with Crippen LogP contribution in [0.25, 0.3) is 0 Å². The largest absolute Gasteiger partial charge is 0.333 e. The third-order valence-corrected chi connectivity index (χ3v) is 1.81. The molecule has 0 unspecified atom stereocenters. The molecule has 0 aromatic carbocycles. The van der Waals surface area contributed by atoms with E-state index in [1.807, 2.05) is 6.92 Å². The summed E-state index contributed by atoms with van der Waals surface area (Å²) in [4.78, 5) is 37.6. The molecule has 0 radical (unpaired) electrons. The van der Waals surface area contributed by atoms with Gasteiger partial charge in [0, 0.05) is 37.5 Å². The zero-order valence-corrected chi connectivity index (χ0v) is 12.6. The molecule has 0 bridgehead atoms. The average molecular weight is 436 g/mol. The number of unbranched alkanes of at least 4 members (excludes halogenated alkanes) is 1. The van der Waals surface area contributed by atoms with E-state index in [4.69, 9.17) is 0 Å². The number of nitrogens with zero attached hydrogens (tertiary/aromatic N) is 1. The van der Waals surface area contributed by atoms with Crippen molar-refractivity contribution >= 4 is 17.8 Å². The number of hydrogen-bond donors (Lipinski definition) is 0. The molecular weight excluding hydrogens is 424 g/mol. The number of amides is 2. The van der Waals surface area contributed by atoms with Gasteiger partial charge in [-0.15, -0.1) is 5.06 Å². The van der Waals surface area contributed by atoms with Crippen LogP contribution in [0.4, 0.5) is 0 Å². The molecule has 0 N–H and O–H groups in total. The standard InChI is InChI=1S/C9H12NO4.U/c1-2-3-4-9(13)14-10-7(11)5-6-8(10)12;/h5H,2-4,6H2,1H3;/q-1;. The first-order valence-electron chi connectivity index (χ1n) is 4.56. The summed E-state index contributed by atoms with van der Waals surface area (Å²) in [6.07, 6.45) is 2.99. The number of carbonyl (C=O) groups excluding carboxylic acids is 3. The van der Waals surface area contributed by atoms with Crippen molar-refractivity contribution in [2.45, 2.75) is 32.6 Å². The summed E-state index contributed by atoms with van der Waals surface area (Å²) >= 11 is 0. The molecule has 0 aliphatic carbocycles. The summed E-state index contributed by atoms with van der Waals surface area (Å²) in [5, 5.41) is 0.526. The van der Waals surface area contributed by atoms with Gasteiger partial charge in [-0.2, -0.15) is 0 Å². The molecule has 0 atom stereocenters. The van der Waals surface area contributed by atoms with Gasteiger partial charge in [0.15, 0.2) is 0 Å². The molecular formula is C9H12NO4U-. The first-order chi connectivity index (χ1) is 6.65. The minimum Gasteiger partial charge on any atom is -0.333 e. The summed E-state index contributed by atoms with van der Waals surface area (Å²) in [5.74, 6) is -1.58. The molecule has 15 heavy (non-hydrogen) atoms. The normalized spacial score (nSPS) is 14.6. The maximum absolute atomic E-state index is 11.1. The van der Waals surface area contributed by atoms with Crippen LogP contribution < -0.4 is 0 Å². The van der Waals surface area contributed by atoms with Crippen molar-refractivity contribution in [3.05, 3.63) is 6.42 Å². The molecule has 0 saturated carbocycles. The maximum Gasteiger partial charge on any atom is 0.333 e. The molecule has 0 spiro atoms. The predicted molar refractivity (Wildman–Crippen MR) is 46.4 cm³/mol. The predicted octanol–water partition coefficient (Wildman–Crippen LogP) is 0.598. The molecule has 0 aromatic rings. The van der Waals surface area contributed by atoms with Gasteiger partial charge in [0.25, 0.3) is 0 Å². The van der Waals surface area contributed by atoms with Crippen LogP contribution in [-0.4, -0.2) is 22.8 Å². The fourth-order valence-corrected chi connectivity index (χ4v) is 1.03. The Morgan fingerprint density at radius 2 is 2.20 bits per heavy atom. The van der Waals surface area contributed by atoms with Crippen LogP contribution in [0, 0.1) is 37.5 Å². The van der Waals surface area contributed by atoms with Gasteiger partial charge in [-0.25, -0.2) is 4.79 Å². The van der Waals surface area contributed by atoms with Crippen LogP contribution in [0.15, 0.2) is 0 Å². The van der Waals surface area contributed by atoms with Crippen LogP contribution in [0.1, 0.15) is 32.6 Å². The smallest absolute Gasteiger partial charge is 0.333 e. The average Bonchev–Trinajstić information content (AvgIpc) is 2.46. The Morgan fingerprint density at radius 1 is 1.53 bits per heavy atom. The van der Waals surface area contributed by atoms with Crippen molar-refractivity contribution in [1.82, 2.24) is 5.06 Å². The summed E-state index contributed by atoms with van der Waals surface area (Å²) in [5.41, 5.74) is 0. The molecule has 2 amide bonds. The van der Waals surface area contributed by atoms with Crippen molar-refractivity contribution in [3.8, 4) is 0 Å². The third kappa shape index (κ3) is 4.27. The third-order valence-electron chi connectivity index (χ3n) is 1.81. The van der Waals surface area contributed by atoms with Gasteiger partial charge < -0.3 is 9.63 Å². The summed E-state index contributed by atoms with van der Waals surface area (Å²) in [6.45, 7) is 1.94. The van der Waals surface area contributed by atoms with Gasteiger partial charge in [0.05, 0.1) is 0 Å². The van der Waals surface area contributed by atoms with E-state index in [0.717, 1.165) is 6.42 Å². The van der Waals surface area contributed by atoms with E-state index in [1.165, 1.54) is 6.42 Å². The molecule has 1 heterocycles. The number of hydroxylamine groups is 2. The minimum atomic E-state index is -0.556. The molecule has 0 aromatic heterocycles. The quantitative estimate of drug-likeness (QED) is 0.479. The zero-order valence-electron chi connectivity index (χ0n) is 8.49. The molecule has 1 fully saturated rings. The first kappa shape index (κ1) is 14.5. The van der Waals surface area contributed by atoms with E-state index in [2.05, 4.69) is 4.84 Å². The van der Waals surface area contributed by atoms with Crippen molar-refractivity contribution in [3.63, 3.8) is 0 Å². The fraction of sp³-hybridized carbons (Fsp3) is 0.556. The van der Waals surface area contributed by atoms with Crippen LogP contribution in [0.3, 0.4) is 0 Å². The second kappa shape index (κ2) is 6.91. The molecule has 82 valence electrons. The second-order valence-electron chi connectivity index (χ2n) is 3.00. The Labute approximate surface area is 112 Å². The Kier molecular flexibility index (Phi) is 6.70. The molecule has 6 heteroatoms. The minimum absolute atomic E-state index is 0. The molecule has 1 aliphatic rings. The van der Waals surface area contributed by atoms with Crippen LogP contribution in [0.5, 0.6) is 0 Å². The van der Waals surface area contributed by atoms with Crippen LogP contribution in [-0.2, 0) is 19.2 Å². The van der Waals surface area contributed by atoms with Gasteiger partial charge in [-0.3, -0.25) is 11.2 Å². The Bertz CT molecular complexity index is 251. The SMILES string of the molecule is CCCCC(=O)ON1C(=O)[CH-]CC1=O.[U]. The van der Waals surface area contributed by atoms with E-state index in [1.54, 1.807) is 0 Å². The number of carbonyl (C=O) groups is 3. The maximum atomic E-state index is 11.1. The molecule has 5 nitrogen and oxygen atoms in total. The monoisotopic (exact) mass is 436 g/mol. The summed E-state index contributed by atoms with van der Waals surface area (Å²) in [7, 11) is 0. The van der Waals surface area contributed by atoms with Gasteiger partial charge in [-0.05, 0) is 6.42 Å². The molecule has 1 saturated heterocycles. The fourth-order valence-electron chi connectivity index (χ4n) is 1.03. The topological polar surface area (TPSA) is 63.7 Å². The number of imide groups is 1. The van der Waals surface area contributed by atoms with E-state index >= 15 is 0 Å². The van der Waals surface area contributed by atoms with Gasteiger partial charge >= 0.3 is 5.97 Å². The van der Waals surface area contributed by atoms with E-state index in [0.29, 0.717) is 11.5 Å². The van der Waals surface area contributed by atoms with Crippen molar-refractivity contribution in [2.75, 3.05) is 0 Å². The molecule has 1 aliphatic heterocycles. The Morgan fingerprint density at radius 3 is 2.67 bits per heavy atom. The molecule has 1 rings (SSSR count). The van der Waals surface area contributed by atoms with Gasteiger partial charge in [0.1, 0.15) is 5.91 Å². The van der Waals surface area contributed by atoms with E-state index < -0.39 is 17.8 Å². The van der Waals surface area contributed by atoms with Gasteiger partial charge in [0.2, 0.25) is 5.91 Å². The Balaban J connectivity index is 0.00000196. The van der Waals surface area contributed by atoms with E-state index in [9.17, 15) is 14.4 Å². The zero-order chi connectivity index (χ0) is 10.6. The first-order valence-corrected chi connectivity index (χ1v) is 4.56. The van der Waals surface area contributed by atoms with Gasteiger partial charge in [-0.1, -0.05) is 19.8 Å². The summed E-state index contributed by atoms with van der Waals surface area (Å²) < 4.78 is 0. The van der Waals surface area contributed by atoms with Crippen molar-refractivity contribution in [2.24, 2.45) is 0 Å². The summed E-state index contributed by atoms with van der Waals surface area (Å²) in [6, 6.07) is 0. The van der Waals surface area contributed by atoms with Crippen molar-refractivity contribution < 1.29 is 50.3 Å². The number of rotatable bonds is 4. The number of hydrogen-bond acceptors (Lipinski definition) is 4. The van der Waals surface area contributed by atoms with E-state index in [-0.39, 0.29) is 44.0 Å². The second-order valence-corrected chi connectivity index (χ2v) is 3.00. The van der Waals surface area contributed by atoms with Crippen LogP contribution >= 0.6 is 0 Å². The van der Waals surface area contributed by atoms with Crippen molar-refractivity contribution in [1.29, 1.82) is 0 Å².